The molecule has 1 heterocycles. The number of hydrogen-bond acceptors (Lipinski definition) is 5. The molecule has 202 valence electrons. The molecular formula is C31H49NO4. The summed E-state index contributed by atoms with van der Waals surface area (Å²) in [7, 11) is 0. The number of aliphatic imine (C=N–C) groups is 1. The second-order valence-corrected chi connectivity index (χ2v) is 13.9. The highest BCUT2D eigenvalue weighted by Gasteiger charge is 2.64. The van der Waals surface area contributed by atoms with Crippen molar-refractivity contribution in [1.29, 1.82) is 0 Å². The molecule has 4 fully saturated rings. The molecule has 1 aliphatic heterocycles. The molecule has 0 N–H and O–H groups in total. The molecule has 0 spiro atoms. The fourth-order valence-electron chi connectivity index (χ4n) is 10.2. The van der Waals surface area contributed by atoms with Crippen molar-refractivity contribution in [2.24, 2.45) is 57.2 Å². The van der Waals surface area contributed by atoms with E-state index in [1.807, 2.05) is 0 Å². The van der Waals surface area contributed by atoms with Gasteiger partial charge in [0.15, 0.2) is 0 Å². The Morgan fingerprint density at radius 2 is 1.64 bits per heavy atom. The number of esters is 2. The fraction of sp³-hybridized carbons (Fsp3) is 0.903. The van der Waals surface area contributed by atoms with Crippen molar-refractivity contribution in [2.75, 3.05) is 6.54 Å². The van der Waals surface area contributed by atoms with Crippen molar-refractivity contribution in [1.82, 2.24) is 0 Å². The minimum Gasteiger partial charge on any atom is -0.463 e. The number of rotatable bonds is 4. The highest BCUT2D eigenvalue weighted by atomic mass is 16.5. The van der Waals surface area contributed by atoms with Crippen LogP contribution in [0, 0.1) is 52.3 Å². The number of hydrogen-bond donors (Lipinski definition) is 0. The molecule has 0 bridgehead atoms. The lowest BCUT2D eigenvalue weighted by atomic mass is 9.44. The van der Waals surface area contributed by atoms with E-state index in [0.717, 1.165) is 38.1 Å². The molecule has 0 aromatic carbocycles. The van der Waals surface area contributed by atoms with Crippen LogP contribution in [0.3, 0.4) is 0 Å². The molecule has 4 aliphatic carbocycles. The van der Waals surface area contributed by atoms with Crippen molar-refractivity contribution in [3.8, 4) is 0 Å². The average Bonchev–Trinajstić information content (AvgIpc) is 3.10. The zero-order valence-electron chi connectivity index (χ0n) is 23.6. The van der Waals surface area contributed by atoms with Gasteiger partial charge in [0.1, 0.15) is 12.2 Å². The first-order chi connectivity index (χ1) is 17.0. The predicted molar refractivity (Wildman–Crippen MR) is 142 cm³/mol. The Balaban J connectivity index is 1.39. The van der Waals surface area contributed by atoms with E-state index in [-0.39, 0.29) is 29.6 Å². The quantitative estimate of drug-likeness (QED) is 0.408. The topological polar surface area (TPSA) is 65.0 Å². The van der Waals surface area contributed by atoms with Gasteiger partial charge >= 0.3 is 11.9 Å². The maximum absolute atomic E-state index is 12.2. The molecule has 36 heavy (non-hydrogen) atoms. The molecule has 0 aromatic rings. The summed E-state index contributed by atoms with van der Waals surface area (Å²) >= 11 is 0. The molecule has 4 saturated carbocycles. The first-order valence-corrected chi connectivity index (χ1v) is 14.9. The smallest absolute Gasteiger partial charge is 0.302 e. The van der Waals surface area contributed by atoms with E-state index in [0.29, 0.717) is 40.9 Å². The van der Waals surface area contributed by atoms with Crippen LogP contribution >= 0.6 is 0 Å². The normalized spacial score (nSPS) is 47.0. The molecule has 0 radical (unpaired) electrons. The molecule has 5 nitrogen and oxygen atoms in total. The minimum absolute atomic E-state index is 0.0125. The summed E-state index contributed by atoms with van der Waals surface area (Å²) in [5.74, 6) is 3.86. The zero-order chi connectivity index (χ0) is 25.8. The summed E-state index contributed by atoms with van der Waals surface area (Å²) in [6, 6.07) is 0. The average molecular weight is 500 g/mol. The Kier molecular flexibility index (Phi) is 7.09. The minimum atomic E-state index is -0.134. The Morgan fingerprint density at radius 3 is 2.31 bits per heavy atom. The third-order valence-electron chi connectivity index (χ3n) is 11.9. The van der Waals surface area contributed by atoms with Gasteiger partial charge in [-0.3, -0.25) is 14.6 Å². The Hall–Kier alpha value is -1.39. The van der Waals surface area contributed by atoms with Gasteiger partial charge in [0.25, 0.3) is 0 Å². The van der Waals surface area contributed by atoms with Gasteiger partial charge in [-0.2, -0.15) is 0 Å². The summed E-state index contributed by atoms with van der Waals surface area (Å²) in [6.45, 7) is 13.9. The first-order valence-electron chi connectivity index (χ1n) is 14.9. The van der Waals surface area contributed by atoms with Crippen LogP contribution in [0.5, 0.6) is 0 Å². The van der Waals surface area contributed by atoms with Crippen molar-refractivity contribution in [2.45, 2.75) is 118 Å². The van der Waals surface area contributed by atoms with E-state index in [1.54, 1.807) is 13.8 Å². The van der Waals surface area contributed by atoms with Gasteiger partial charge < -0.3 is 9.47 Å². The number of ether oxygens (including phenoxy) is 2. The van der Waals surface area contributed by atoms with Gasteiger partial charge in [-0.15, -0.1) is 0 Å². The SMILES string of the molecule is CC(=O)O[C@H]1CC[C@@]2(C)[C@@H](CC[C@@H]3[C@@H]2CC[C@]2(C)[C@@H]([C@@H](C)C4=NC[C@H](C)CC4)[C@H](OC(C)=O)C[C@@H]32)C1. The van der Waals surface area contributed by atoms with Crippen LogP contribution < -0.4 is 0 Å². The van der Waals surface area contributed by atoms with Crippen molar-refractivity contribution in [3.63, 3.8) is 0 Å². The van der Waals surface area contributed by atoms with Crippen LogP contribution in [-0.4, -0.2) is 36.4 Å². The number of carbonyl (C=O) groups excluding carboxylic acids is 2. The highest BCUT2D eigenvalue weighted by Crippen LogP contribution is 2.68. The number of nitrogens with zero attached hydrogens (tertiary/aromatic N) is 1. The molecule has 5 heteroatoms. The van der Waals surface area contributed by atoms with Crippen molar-refractivity contribution in [3.05, 3.63) is 0 Å². The first kappa shape index (κ1) is 26.2. The lowest BCUT2D eigenvalue weighted by molar-refractivity contribution is -0.160. The van der Waals surface area contributed by atoms with E-state index < -0.39 is 0 Å². The maximum Gasteiger partial charge on any atom is 0.302 e. The van der Waals surface area contributed by atoms with Gasteiger partial charge in [-0.1, -0.05) is 27.7 Å². The maximum atomic E-state index is 12.2. The van der Waals surface area contributed by atoms with Crippen LogP contribution in [0.1, 0.15) is 106 Å². The molecule has 0 amide bonds. The van der Waals surface area contributed by atoms with E-state index in [4.69, 9.17) is 14.5 Å². The van der Waals surface area contributed by atoms with Crippen LogP contribution in [0.4, 0.5) is 0 Å². The lowest BCUT2D eigenvalue weighted by Crippen LogP contribution is -2.54. The zero-order valence-corrected chi connectivity index (χ0v) is 23.6. The highest BCUT2D eigenvalue weighted by molar-refractivity contribution is 5.87. The largest absolute Gasteiger partial charge is 0.463 e. The fourth-order valence-corrected chi connectivity index (χ4v) is 10.2. The summed E-state index contributed by atoms with van der Waals surface area (Å²) in [5.41, 5.74) is 1.91. The summed E-state index contributed by atoms with van der Waals surface area (Å²) < 4.78 is 11.8. The molecule has 0 aromatic heterocycles. The molecule has 11 atom stereocenters. The third-order valence-corrected chi connectivity index (χ3v) is 11.9. The van der Waals surface area contributed by atoms with Crippen molar-refractivity contribution < 1.29 is 19.1 Å². The van der Waals surface area contributed by atoms with E-state index in [9.17, 15) is 9.59 Å². The molecule has 0 unspecified atom stereocenters. The summed E-state index contributed by atoms with van der Waals surface area (Å²) in [6.07, 6.45) is 11.7. The van der Waals surface area contributed by atoms with Gasteiger partial charge in [0.2, 0.25) is 0 Å². The van der Waals surface area contributed by atoms with Gasteiger partial charge in [0, 0.05) is 37.9 Å². The second kappa shape index (κ2) is 9.73. The Morgan fingerprint density at radius 1 is 0.917 bits per heavy atom. The lowest BCUT2D eigenvalue weighted by Gasteiger charge is -2.61. The molecule has 5 aliphatic rings. The number of fused-ring (bicyclic) bond motifs is 5. The van der Waals surface area contributed by atoms with Crippen LogP contribution in [0.2, 0.25) is 0 Å². The second-order valence-electron chi connectivity index (χ2n) is 13.9. The van der Waals surface area contributed by atoms with E-state index >= 15 is 0 Å². The third kappa shape index (κ3) is 4.45. The molecule has 5 rings (SSSR count). The predicted octanol–water partition coefficient (Wildman–Crippen LogP) is 6.63. The molecule has 0 saturated heterocycles. The van der Waals surface area contributed by atoms with Crippen LogP contribution in [0.25, 0.3) is 0 Å². The Bertz CT molecular complexity index is 899. The van der Waals surface area contributed by atoms with Crippen molar-refractivity contribution >= 4 is 17.7 Å². The summed E-state index contributed by atoms with van der Waals surface area (Å²) in [5, 5.41) is 0. The van der Waals surface area contributed by atoms with Crippen LogP contribution in [0.15, 0.2) is 4.99 Å². The molecular weight excluding hydrogens is 450 g/mol. The van der Waals surface area contributed by atoms with Gasteiger partial charge in [0.05, 0.1) is 0 Å². The summed E-state index contributed by atoms with van der Waals surface area (Å²) in [4.78, 5) is 28.9. The van der Waals surface area contributed by atoms with E-state index in [2.05, 4.69) is 27.7 Å². The Labute approximate surface area is 218 Å². The standard InChI is InChI=1S/C31H49NO4/c1-18-7-10-27(32-17-18)19(2)29-28(36-21(4)34)16-26-24-9-8-22-15-23(35-20(3)33)11-13-30(22,5)25(24)12-14-31(26,29)6/h18-19,22-26,28-29H,7-17H2,1-6H3/t18-,19+,22+,23+,24-,25+,26+,28-,29+,30+,31+/m1/s1. The monoisotopic (exact) mass is 499 g/mol. The van der Waals surface area contributed by atoms with Gasteiger partial charge in [-0.05, 0) is 105 Å². The van der Waals surface area contributed by atoms with Crippen LogP contribution in [-0.2, 0) is 19.1 Å². The van der Waals surface area contributed by atoms with E-state index in [1.165, 1.54) is 44.2 Å². The van der Waals surface area contributed by atoms with Gasteiger partial charge in [-0.25, -0.2) is 0 Å². The number of carbonyl (C=O) groups is 2.